The van der Waals surface area contributed by atoms with Crippen LogP contribution in [0.15, 0.2) is 0 Å². The number of nitrogens with zero attached hydrogens (tertiary/aromatic N) is 1. The molecule has 6 nitrogen and oxygen atoms in total. The van der Waals surface area contributed by atoms with Gasteiger partial charge in [0.25, 0.3) is 0 Å². The fourth-order valence-corrected chi connectivity index (χ4v) is 2.01. The first-order chi connectivity index (χ1) is 9.95. The number of halogens is 3. The van der Waals surface area contributed by atoms with Gasteiger partial charge in [0, 0.05) is 39.8 Å². The second-order valence-corrected chi connectivity index (χ2v) is 4.69. The van der Waals surface area contributed by atoms with E-state index in [4.69, 9.17) is 9.47 Å². The Morgan fingerprint density at radius 2 is 2.00 bits per heavy atom. The third kappa shape index (κ3) is 7.07. The van der Waals surface area contributed by atoms with E-state index in [2.05, 4.69) is 10.6 Å². The zero-order chi connectivity index (χ0) is 15.7. The first-order valence-corrected chi connectivity index (χ1v) is 6.80. The first kappa shape index (κ1) is 18.1. The normalized spacial score (nSPS) is 18.5. The Bertz CT molecular complexity index is 310. The number of methoxy groups -OCH3 is 1. The number of amides is 1. The van der Waals surface area contributed by atoms with Crippen molar-refractivity contribution in [1.82, 2.24) is 15.5 Å². The van der Waals surface area contributed by atoms with Crippen LogP contribution in [0.3, 0.4) is 0 Å². The SMILES string of the molecule is COCCOCC(=O)NCC(N1CCNCC1)C(F)(F)F. The molecular weight excluding hydrogens is 291 g/mol. The molecule has 1 unspecified atom stereocenters. The van der Waals surface area contributed by atoms with Gasteiger partial charge in [-0.15, -0.1) is 0 Å². The lowest BCUT2D eigenvalue weighted by molar-refractivity contribution is -0.184. The molecule has 1 heterocycles. The van der Waals surface area contributed by atoms with Crippen LogP contribution in [0.2, 0.25) is 0 Å². The second kappa shape index (κ2) is 9.19. The van der Waals surface area contributed by atoms with E-state index in [0.717, 1.165) is 0 Å². The summed E-state index contributed by atoms with van der Waals surface area (Å²) in [4.78, 5) is 12.8. The summed E-state index contributed by atoms with van der Waals surface area (Å²) in [6.45, 7) is 1.48. The highest BCUT2D eigenvalue weighted by atomic mass is 19.4. The van der Waals surface area contributed by atoms with E-state index in [1.54, 1.807) is 0 Å². The fraction of sp³-hybridized carbons (Fsp3) is 0.917. The molecule has 1 saturated heterocycles. The first-order valence-electron chi connectivity index (χ1n) is 6.80. The molecule has 1 aliphatic heterocycles. The van der Waals surface area contributed by atoms with Crippen molar-refractivity contribution in [3.8, 4) is 0 Å². The topological polar surface area (TPSA) is 62.8 Å². The van der Waals surface area contributed by atoms with Crippen molar-refractivity contribution in [3.05, 3.63) is 0 Å². The summed E-state index contributed by atoms with van der Waals surface area (Å²) in [6, 6.07) is -1.66. The number of nitrogens with one attached hydrogen (secondary N) is 2. The summed E-state index contributed by atoms with van der Waals surface area (Å²) in [5.74, 6) is -0.560. The number of carbonyl (C=O) groups excluding carboxylic acids is 1. The Hall–Kier alpha value is -0.900. The smallest absolute Gasteiger partial charge is 0.382 e. The van der Waals surface area contributed by atoms with Gasteiger partial charge in [0.2, 0.25) is 5.91 Å². The van der Waals surface area contributed by atoms with Crippen LogP contribution in [0.1, 0.15) is 0 Å². The highest BCUT2D eigenvalue weighted by molar-refractivity contribution is 5.77. The number of carbonyl (C=O) groups is 1. The molecule has 0 spiro atoms. The van der Waals surface area contributed by atoms with Crippen LogP contribution < -0.4 is 10.6 Å². The molecule has 0 saturated carbocycles. The van der Waals surface area contributed by atoms with Gasteiger partial charge in [-0.1, -0.05) is 0 Å². The molecule has 0 radical (unpaired) electrons. The molecule has 1 amide bonds. The van der Waals surface area contributed by atoms with Crippen molar-refractivity contribution < 1.29 is 27.4 Å². The number of rotatable bonds is 8. The van der Waals surface area contributed by atoms with E-state index < -0.39 is 24.7 Å². The minimum atomic E-state index is -4.37. The van der Waals surface area contributed by atoms with E-state index in [1.807, 2.05) is 0 Å². The molecule has 1 aliphatic rings. The molecule has 2 N–H and O–H groups in total. The van der Waals surface area contributed by atoms with E-state index in [1.165, 1.54) is 12.0 Å². The van der Waals surface area contributed by atoms with Crippen LogP contribution in [0, 0.1) is 0 Å². The van der Waals surface area contributed by atoms with Gasteiger partial charge in [0.15, 0.2) is 0 Å². The lowest BCUT2D eigenvalue weighted by atomic mass is 10.2. The number of hydrogen-bond donors (Lipinski definition) is 2. The molecule has 1 fully saturated rings. The largest absolute Gasteiger partial charge is 0.405 e. The molecule has 21 heavy (non-hydrogen) atoms. The minimum Gasteiger partial charge on any atom is -0.382 e. The molecule has 0 aromatic rings. The number of piperazine rings is 1. The van der Waals surface area contributed by atoms with Crippen LogP contribution in [0.25, 0.3) is 0 Å². The maximum Gasteiger partial charge on any atom is 0.405 e. The van der Waals surface area contributed by atoms with Crippen LogP contribution in [0.4, 0.5) is 13.2 Å². The Morgan fingerprint density at radius 3 is 2.57 bits per heavy atom. The van der Waals surface area contributed by atoms with Crippen LogP contribution in [0.5, 0.6) is 0 Å². The van der Waals surface area contributed by atoms with E-state index >= 15 is 0 Å². The second-order valence-electron chi connectivity index (χ2n) is 4.69. The minimum absolute atomic E-state index is 0.227. The molecule has 1 atom stereocenters. The van der Waals surface area contributed by atoms with Crippen molar-refractivity contribution in [2.75, 3.05) is 59.7 Å². The molecular formula is C12H22F3N3O3. The van der Waals surface area contributed by atoms with Crippen LogP contribution >= 0.6 is 0 Å². The van der Waals surface area contributed by atoms with Gasteiger partial charge in [-0.3, -0.25) is 9.69 Å². The number of ether oxygens (including phenoxy) is 2. The van der Waals surface area contributed by atoms with Gasteiger partial charge in [-0.05, 0) is 0 Å². The molecule has 0 aromatic heterocycles. The van der Waals surface area contributed by atoms with E-state index in [9.17, 15) is 18.0 Å². The van der Waals surface area contributed by atoms with Crippen molar-refractivity contribution in [2.45, 2.75) is 12.2 Å². The third-order valence-corrected chi connectivity index (χ3v) is 3.13. The van der Waals surface area contributed by atoms with Gasteiger partial charge in [-0.25, -0.2) is 0 Å². The summed E-state index contributed by atoms with van der Waals surface area (Å²) >= 11 is 0. The highest BCUT2D eigenvalue weighted by Crippen LogP contribution is 2.24. The fourth-order valence-electron chi connectivity index (χ4n) is 2.01. The number of hydrogen-bond acceptors (Lipinski definition) is 5. The Morgan fingerprint density at radius 1 is 1.33 bits per heavy atom. The van der Waals surface area contributed by atoms with Gasteiger partial charge in [0.1, 0.15) is 12.6 Å². The zero-order valence-electron chi connectivity index (χ0n) is 12.0. The van der Waals surface area contributed by atoms with Gasteiger partial charge >= 0.3 is 6.18 Å². The Balaban J connectivity index is 2.37. The van der Waals surface area contributed by atoms with Crippen LogP contribution in [-0.2, 0) is 14.3 Å². The molecule has 0 bridgehead atoms. The molecule has 0 aliphatic carbocycles. The maximum atomic E-state index is 13.0. The van der Waals surface area contributed by atoms with Crippen molar-refractivity contribution in [2.24, 2.45) is 0 Å². The van der Waals surface area contributed by atoms with Gasteiger partial charge in [0.05, 0.1) is 13.2 Å². The zero-order valence-corrected chi connectivity index (χ0v) is 12.0. The summed E-state index contributed by atoms with van der Waals surface area (Å²) in [5, 5.41) is 5.27. The Kier molecular flexibility index (Phi) is 7.94. The highest BCUT2D eigenvalue weighted by Gasteiger charge is 2.43. The quantitative estimate of drug-likeness (QED) is 0.597. The van der Waals surface area contributed by atoms with Gasteiger partial charge in [-0.2, -0.15) is 13.2 Å². The van der Waals surface area contributed by atoms with Crippen molar-refractivity contribution >= 4 is 5.91 Å². The number of alkyl halides is 3. The van der Waals surface area contributed by atoms with Crippen molar-refractivity contribution in [1.29, 1.82) is 0 Å². The summed E-state index contributed by atoms with van der Waals surface area (Å²) in [7, 11) is 1.49. The van der Waals surface area contributed by atoms with E-state index in [0.29, 0.717) is 32.8 Å². The molecule has 0 aromatic carbocycles. The average molecular weight is 313 g/mol. The predicted octanol–water partition coefficient (Wildman–Crippen LogP) is -0.398. The van der Waals surface area contributed by atoms with E-state index in [-0.39, 0.29) is 13.2 Å². The molecule has 124 valence electrons. The van der Waals surface area contributed by atoms with Gasteiger partial charge < -0.3 is 20.1 Å². The standard InChI is InChI=1S/C12H22F3N3O3/c1-20-6-7-21-9-11(19)17-8-10(12(13,14)15)18-4-2-16-3-5-18/h10,16H,2-9H2,1H3,(H,17,19). The third-order valence-electron chi connectivity index (χ3n) is 3.13. The Labute approximate surface area is 121 Å². The average Bonchev–Trinajstić information content (AvgIpc) is 2.43. The lowest BCUT2D eigenvalue weighted by Crippen LogP contribution is -2.57. The predicted molar refractivity (Wildman–Crippen MR) is 70.0 cm³/mol. The molecule has 9 heteroatoms. The summed E-state index contributed by atoms with van der Waals surface area (Å²) in [6.07, 6.45) is -4.37. The maximum absolute atomic E-state index is 13.0. The van der Waals surface area contributed by atoms with Crippen molar-refractivity contribution in [3.63, 3.8) is 0 Å². The lowest BCUT2D eigenvalue weighted by Gasteiger charge is -2.35. The summed E-state index contributed by atoms with van der Waals surface area (Å²) in [5.41, 5.74) is 0. The molecule has 1 rings (SSSR count). The van der Waals surface area contributed by atoms with Crippen LogP contribution in [-0.4, -0.2) is 82.7 Å². The monoisotopic (exact) mass is 313 g/mol. The summed E-state index contributed by atoms with van der Waals surface area (Å²) < 4.78 is 48.8.